The molecule has 1 N–H and O–H groups in total. The van der Waals surface area contributed by atoms with Crippen LogP contribution in [0.15, 0.2) is 0 Å². The molecule has 64 valence electrons. The molecule has 0 bridgehead atoms. The fraction of sp³-hybridized carbons (Fsp3) is 1.00. The highest BCUT2D eigenvalue weighted by Gasteiger charge is 2.37. The molecule has 0 aromatic carbocycles. The van der Waals surface area contributed by atoms with E-state index in [1.165, 1.54) is 12.8 Å². The van der Waals surface area contributed by atoms with E-state index in [-0.39, 0.29) is 5.60 Å². The molecule has 0 amide bonds. The van der Waals surface area contributed by atoms with Gasteiger partial charge in [-0.1, -0.05) is 0 Å². The third-order valence-electron chi connectivity index (χ3n) is 2.92. The Hall–Kier alpha value is -0.0800. The van der Waals surface area contributed by atoms with Gasteiger partial charge < -0.3 is 9.84 Å². The van der Waals surface area contributed by atoms with Gasteiger partial charge in [0.25, 0.3) is 0 Å². The highest BCUT2D eigenvalue weighted by atomic mass is 16.5. The molecule has 1 atom stereocenters. The summed E-state index contributed by atoms with van der Waals surface area (Å²) in [6, 6.07) is 0. The van der Waals surface area contributed by atoms with Crippen LogP contribution in [0.25, 0.3) is 0 Å². The third kappa shape index (κ3) is 1.57. The van der Waals surface area contributed by atoms with Gasteiger partial charge in [0, 0.05) is 13.0 Å². The first kappa shape index (κ1) is 7.56. The summed E-state index contributed by atoms with van der Waals surface area (Å²) in [5, 5.41) is 9.79. The van der Waals surface area contributed by atoms with E-state index in [1.54, 1.807) is 0 Å². The van der Waals surface area contributed by atoms with Crippen molar-refractivity contribution in [1.82, 2.24) is 0 Å². The Morgan fingerprint density at radius 1 is 1.36 bits per heavy atom. The quantitative estimate of drug-likeness (QED) is 0.656. The van der Waals surface area contributed by atoms with E-state index in [1.807, 2.05) is 0 Å². The highest BCUT2D eigenvalue weighted by Crippen LogP contribution is 2.37. The van der Waals surface area contributed by atoms with Crippen molar-refractivity contribution in [3.63, 3.8) is 0 Å². The van der Waals surface area contributed by atoms with Crippen molar-refractivity contribution in [2.75, 3.05) is 6.61 Å². The second-order valence-electron chi connectivity index (χ2n) is 3.92. The smallest absolute Gasteiger partial charge is 0.0672 e. The highest BCUT2D eigenvalue weighted by molar-refractivity contribution is 4.90. The van der Waals surface area contributed by atoms with Crippen LogP contribution in [0.2, 0.25) is 0 Å². The van der Waals surface area contributed by atoms with Crippen LogP contribution < -0.4 is 0 Å². The standard InChI is InChI=1S/C9H16O2/c10-9(4-2-5-9)7-8-3-1-6-11-8/h8,10H,1-7H2. The Morgan fingerprint density at radius 3 is 2.64 bits per heavy atom. The second-order valence-corrected chi connectivity index (χ2v) is 3.92. The zero-order valence-electron chi connectivity index (χ0n) is 6.88. The van der Waals surface area contributed by atoms with Gasteiger partial charge in [0.05, 0.1) is 11.7 Å². The first-order valence-corrected chi connectivity index (χ1v) is 4.63. The van der Waals surface area contributed by atoms with Crippen LogP contribution in [0.3, 0.4) is 0 Å². The lowest BCUT2D eigenvalue weighted by molar-refractivity contribution is -0.0723. The van der Waals surface area contributed by atoms with Crippen LogP contribution in [-0.2, 0) is 4.74 Å². The van der Waals surface area contributed by atoms with Gasteiger partial charge in [0.1, 0.15) is 0 Å². The topological polar surface area (TPSA) is 29.5 Å². The lowest BCUT2D eigenvalue weighted by atomic mass is 9.76. The Bertz CT molecular complexity index is 134. The summed E-state index contributed by atoms with van der Waals surface area (Å²) in [5.41, 5.74) is -0.338. The van der Waals surface area contributed by atoms with E-state index in [0.29, 0.717) is 6.10 Å². The third-order valence-corrected chi connectivity index (χ3v) is 2.92. The summed E-state index contributed by atoms with van der Waals surface area (Å²) in [5.74, 6) is 0. The van der Waals surface area contributed by atoms with Crippen LogP contribution >= 0.6 is 0 Å². The lowest BCUT2D eigenvalue weighted by Crippen LogP contribution is -2.39. The molecule has 2 rings (SSSR count). The van der Waals surface area contributed by atoms with E-state index in [2.05, 4.69) is 0 Å². The van der Waals surface area contributed by atoms with Gasteiger partial charge in [-0.3, -0.25) is 0 Å². The second kappa shape index (κ2) is 2.76. The molecule has 11 heavy (non-hydrogen) atoms. The normalized spacial score (nSPS) is 35.2. The summed E-state index contributed by atoms with van der Waals surface area (Å²) in [4.78, 5) is 0. The molecule has 2 fully saturated rings. The molecule has 2 aliphatic rings. The van der Waals surface area contributed by atoms with E-state index in [4.69, 9.17) is 4.74 Å². The first-order chi connectivity index (χ1) is 5.29. The molecular formula is C9H16O2. The fourth-order valence-corrected chi connectivity index (χ4v) is 2.02. The van der Waals surface area contributed by atoms with Gasteiger partial charge in [0.2, 0.25) is 0 Å². The van der Waals surface area contributed by atoms with Crippen molar-refractivity contribution in [2.45, 2.75) is 50.2 Å². The van der Waals surface area contributed by atoms with Gasteiger partial charge in [-0.05, 0) is 32.1 Å². The Labute approximate surface area is 67.6 Å². The van der Waals surface area contributed by atoms with Gasteiger partial charge in [-0.15, -0.1) is 0 Å². The van der Waals surface area contributed by atoms with Crippen molar-refractivity contribution in [2.24, 2.45) is 0 Å². The molecule has 0 aromatic heterocycles. The summed E-state index contributed by atoms with van der Waals surface area (Å²) in [6.07, 6.45) is 6.76. The maximum atomic E-state index is 9.79. The number of hydrogen-bond donors (Lipinski definition) is 1. The number of rotatable bonds is 2. The Kier molecular flexibility index (Phi) is 1.90. The molecule has 1 saturated heterocycles. The predicted octanol–water partition coefficient (Wildman–Crippen LogP) is 1.47. The summed E-state index contributed by atoms with van der Waals surface area (Å²) in [7, 11) is 0. The average Bonchev–Trinajstić information content (AvgIpc) is 2.36. The van der Waals surface area contributed by atoms with Crippen LogP contribution in [0.5, 0.6) is 0 Å². The van der Waals surface area contributed by atoms with Crippen molar-refractivity contribution in [3.8, 4) is 0 Å². The SMILES string of the molecule is OC1(CC2CCCO2)CCC1. The van der Waals surface area contributed by atoms with Crippen molar-refractivity contribution >= 4 is 0 Å². The van der Waals surface area contributed by atoms with Crippen molar-refractivity contribution in [1.29, 1.82) is 0 Å². The van der Waals surface area contributed by atoms with Gasteiger partial charge in [-0.2, -0.15) is 0 Å². The van der Waals surface area contributed by atoms with E-state index >= 15 is 0 Å². The van der Waals surface area contributed by atoms with Gasteiger partial charge in [-0.25, -0.2) is 0 Å². The molecule has 2 nitrogen and oxygen atoms in total. The Morgan fingerprint density at radius 2 is 2.18 bits per heavy atom. The van der Waals surface area contributed by atoms with Crippen LogP contribution in [0.4, 0.5) is 0 Å². The lowest BCUT2D eigenvalue weighted by Gasteiger charge is -2.38. The predicted molar refractivity (Wildman–Crippen MR) is 42.4 cm³/mol. The summed E-state index contributed by atoms with van der Waals surface area (Å²) < 4.78 is 5.46. The van der Waals surface area contributed by atoms with E-state index in [9.17, 15) is 5.11 Å². The first-order valence-electron chi connectivity index (χ1n) is 4.63. The van der Waals surface area contributed by atoms with Crippen LogP contribution in [-0.4, -0.2) is 23.4 Å². The molecule has 1 saturated carbocycles. The maximum absolute atomic E-state index is 9.79. The van der Waals surface area contributed by atoms with Crippen LogP contribution in [0.1, 0.15) is 38.5 Å². The monoisotopic (exact) mass is 156 g/mol. The molecule has 0 radical (unpaired) electrons. The number of hydrogen-bond acceptors (Lipinski definition) is 2. The Balaban J connectivity index is 1.79. The summed E-state index contributed by atoms with van der Waals surface area (Å²) >= 11 is 0. The van der Waals surface area contributed by atoms with Crippen LogP contribution in [0, 0.1) is 0 Å². The minimum Gasteiger partial charge on any atom is -0.390 e. The zero-order valence-corrected chi connectivity index (χ0v) is 6.88. The summed E-state index contributed by atoms with van der Waals surface area (Å²) in [6.45, 7) is 0.904. The van der Waals surface area contributed by atoms with Gasteiger partial charge in [0.15, 0.2) is 0 Å². The molecule has 2 heteroatoms. The van der Waals surface area contributed by atoms with Crippen molar-refractivity contribution in [3.05, 3.63) is 0 Å². The molecule has 1 heterocycles. The minimum atomic E-state index is -0.338. The average molecular weight is 156 g/mol. The molecule has 1 aliphatic carbocycles. The fourth-order valence-electron chi connectivity index (χ4n) is 2.02. The molecule has 0 aromatic rings. The van der Waals surface area contributed by atoms with Gasteiger partial charge >= 0.3 is 0 Å². The molecule has 0 spiro atoms. The van der Waals surface area contributed by atoms with E-state index < -0.39 is 0 Å². The van der Waals surface area contributed by atoms with Crippen molar-refractivity contribution < 1.29 is 9.84 Å². The molecule has 1 aliphatic heterocycles. The largest absolute Gasteiger partial charge is 0.390 e. The molecular weight excluding hydrogens is 140 g/mol. The number of aliphatic hydroxyl groups is 1. The minimum absolute atomic E-state index is 0.338. The zero-order chi connectivity index (χ0) is 7.73. The maximum Gasteiger partial charge on any atom is 0.0672 e. The molecule has 1 unspecified atom stereocenters. The number of ether oxygens (including phenoxy) is 1. The van der Waals surface area contributed by atoms with E-state index in [0.717, 1.165) is 32.3 Å².